The molecule has 1 aliphatic carbocycles. The van der Waals surface area contributed by atoms with Crippen molar-refractivity contribution in [3.8, 4) is 17.2 Å². The van der Waals surface area contributed by atoms with Crippen LogP contribution < -0.4 is 0 Å². The van der Waals surface area contributed by atoms with Gasteiger partial charge in [-0.1, -0.05) is 19.1 Å². The summed E-state index contributed by atoms with van der Waals surface area (Å²) in [4.78, 5) is 22.0. The molecule has 2 aromatic heterocycles. The number of amides is 1. The topological polar surface area (TPSA) is 46.3 Å². The minimum Gasteiger partial charge on any atom is -0.342 e. The molecule has 0 bridgehead atoms. The fourth-order valence-corrected chi connectivity index (χ4v) is 5.44. The van der Waals surface area contributed by atoms with Crippen molar-refractivity contribution in [1.82, 2.24) is 23.9 Å². The molecule has 4 aromatic rings. The maximum absolute atomic E-state index is 13.0. The highest BCUT2D eigenvalue weighted by Gasteiger charge is 2.25. The van der Waals surface area contributed by atoms with Gasteiger partial charge >= 0.3 is 0 Å². The lowest BCUT2D eigenvalue weighted by Gasteiger charge is -2.22. The lowest BCUT2D eigenvalue weighted by atomic mass is 9.89. The average molecular weight is 484 g/mol. The molecule has 6 nitrogen and oxygen atoms in total. The maximum atomic E-state index is 13.0. The highest BCUT2D eigenvalue weighted by molar-refractivity contribution is 5.94. The standard InChI is InChI=1S/C30H37N5O/c1-21-11-16-26-23(19-21)20-28(29-31-25-9-6-7-10-27(25)34(29)5)35(26)24-14-12-22(13-15-24)30(36)33(4)18-8-17-32(2)3/h6-7,9-10,12-15,20-21H,8,11,16-19H2,1-5H3. The number of rotatable bonds is 7. The van der Waals surface area contributed by atoms with Gasteiger partial charge in [0.05, 0.1) is 16.7 Å². The Kier molecular flexibility index (Phi) is 6.71. The Balaban J connectivity index is 1.51. The van der Waals surface area contributed by atoms with Crippen molar-refractivity contribution in [3.63, 3.8) is 0 Å². The minimum atomic E-state index is 0.0687. The van der Waals surface area contributed by atoms with E-state index in [9.17, 15) is 4.79 Å². The number of aromatic nitrogens is 3. The van der Waals surface area contributed by atoms with E-state index in [2.05, 4.69) is 78.5 Å². The zero-order valence-corrected chi connectivity index (χ0v) is 22.2. The van der Waals surface area contributed by atoms with Crippen LogP contribution in [0.1, 0.15) is 41.4 Å². The first-order chi connectivity index (χ1) is 17.3. The van der Waals surface area contributed by atoms with E-state index >= 15 is 0 Å². The van der Waals surface area contributed by atoms with E-state index in [0.717, 1.165) is 66.2 Å². The van der Waals surface area contributed by atoms with Crippen LogP contribution in [0.5, 0.6) is 0 Å². The van der Waals surface area contributed by atoms with Gasteiger partial charge in [0.2, 0.25) is 0 Å². The first-order valence-electron chi connectivity index (χ1n) is 13.0. The molecule has 0 saturated carbocycles. The molecule has 36 heavy (non-hydrogen) atoms. The van der Waals surface area contributed by atoms with Crippen molar-refractivity contribution in [2.75, 3.05) is 34.2 Å². The Morgan fingerprint density at radius 2 is 1.81 bits per heavy atom. The molecule has 1 aliphatic rings. The van der Waals surface area contributed by atoms with Gasteiger partial charge in [-0.05, 0) is 100 Å². The second-order valence-electron chi connectivity index (χ2n) is 10.6. The number of hydrogen-bond donors (Lipinski definition) is 0. The van der Waals surface area contributed by atoms with Crippen molar-refractivity contribution < 1.29 is 4.79 Å². The Hall–Kier alpha value is -3.38. The molecule has 0 spiro atoms. The Morgan fingerprint density at radius 3 is 2.53 bits per heavy atom. The molecule has 0 radical (unpaired) electrons. The molecular formula is C30H37N5O. The number of hydrogen-bond acceptors (Lipinski definition) is 3. The molecule has 0 saturated heterocycles. The fraction of sp³-hybridized carbons (Fsp3) is 0.400. The number of imidazole rings is 1. The number of benzene rings is 2. The third-order valence-electron chi connectivity index (χ3n) is 7.47. The number of nitrogens with zero attached hydrogens (tertiary/aromatic N) is 5. The second-order valence-corrected chi connectivity index (χ2v) is 10.6. The van der Waals surface area contributed by atoms with Gasteiger partial charge in [-0.15, -0.1) is 0 Å². The predicted molar refractivity (Wildman–Crippen MR) is 147 cm³/mol. The molecule has 188 valence electrons. The van der Waals surface area contributed by atoms with Crippen molar-refractivity contribution >= 4 is 16.9 Å². The number of carbonyl (C=O) groups is 1. The molecule has 0 fully saturated rings. The molecule has 2 heterocycles. The lowest BCUT2D eigenvalue weighted by Crippen LogP contribution is -2.29. The zero-order valence-electron chi connectivity index (χ0n) is 22.2. The summed E-state index contributed by atoms with van der Waals surface area (Å²) in [5, 5.41) is 0. The Labute approximate surface area is 214 Å². The van der Waals surface area contributed by atoms with Gasteiger partial charge in [-0.3, -0.25) is 4.79 Å². The molecule has 1 atom stereocenters. The minimum absolute atomic E-state index is 0.0687. The van der Waals surface area contributed by atoms with Gasteiger partial charge in [-0.2, -0.15) is 0 Å². The Morgan fingerprint density at radius 1 is 1.06 bits per heavy atom. The summed E-state index contributed by atoms with van der Waals surface area (Å²) >= 11 is 0. The average Bonchev–Trinajstić information content (AvgIpc) is 3.40. The molecule has 0 N–H and O–H groups in total. The normalized spacial score (nSPS) is 15.4. The number of fused-ring (bicyclic) bond motifs is 2. The Bertz CT molecular complexity index is 1380. The predicted octanol–water partition coefficient (Wildman–Crippen LogP) is 5.18. The van der Waals surface area contributed by atoms with Crippen LogP contribution in [0.3, 0.4) is 0 Å². The van der Waals surface area contributed by atoms with E-state index in [0.29, 0.717) is 5.92 Å². The van der Waals surface area contributed by atoms with Crippen LogP contribution in [0.15, 0.2) is 54.6 Å². The smallest absolute Gasteiger partial charge is 0.253 e. The van der Waals surface area contributed by atoms with Crippen molar-refractivity contribution in [2.45, 2.75) is 32.6 Å². The summed E-state index contributed by atoms with van der Waals surface area (Å²) in [7, 11) is 8.10. The van der Waals surface area contributed by atoms with Gasteiger partial charge in [-0.25, -0.2) is 4.98 Å². The van der Waals surface area contributed by atoms with E-state index < -0.39 is 0 Å². The summed E-state index contributed by atoms with van der Waals surface area (Å²) in [6.07, 6.45) is 4.29. The second kappa shape index (κ2) is 9.94. The van der Waals surface area contributed by atoms with Crippen molar-refractivity contribution in [2.24, 2.45) is 13.0 Å². The lowest BCUT2D eigenvalue weighted by molar-refractivity contribution is 0.0790. The summed E-state index contributed by atoms with van der Waals surface area (Å²) in [6, 6.07) is 18.7. The van der Waals surface area contributed by atoms with E-state index in [1.807, 2.05) is 30.1 Å². The summed E-state index contributed by atoms with van der Waals surface area (Å²) in [5.74, 6) is 1.72. The molecular weight excluding hydrogens is 446 g/mol. The SMILES string of the molecule is CC1CCc2c(cc(-c3nc4ccccc4n3C)n2-c2ccc(C(=O)N(C)CCCN(C)C)cc2)C1. The van der Waals surface area contributed by atoms with E-state index in [-0.39, 0.29) is 5.91 Å². The fourth-order valence-electron chi connectivity index (χ4n) is 5.44. The number of para-hydroxylation sites is 2. The summed E-state index contributed by atoms with van der Waals surface area (Å²) in [5.41, 5.74) is 7.85. The maximum Gasteiger partial charge on any atom is 0.253 e. The van der Waals surface area contributed by atoms with Crippen LogP contribution in [-0.4, -0.2) is 64.1 Å². The van der Waals surface area contributed by atoms with E-state index in [4.69, 9.17) is 4.98 Å². The quantitative estimate of drug-likeness (QED) is 0.364. The van der Waals surface area contributed by atoms with Crippen LogP contribution in [0.25, 0.3) is 28.2 Å². The molecule has 6 heteroatoms. The van der Waals surface area contributed by atoms with Gasteiger partial charge in [0, 0.05) is 37.6 Å². The first-order valence-corrected chi connectivity index (χ1v) is 13.0. The number of carbonyl (C=O) groups excluding carboxylic acids is 1. The van der Waals surface area contributed by atoms with Crippen LogP contribution in [0.4, 0.5) is 0 Å². The van der Waals surface area contributed by atoms with Crippen LogP contribution in [-0.2, 0) is 19.9 Å². The highest BCUT2D eigenvalue weighted by atomic mass is 16.2. The molecule has 1 unspecified atom stereocenters. The van der Waals surface area contributed by atoms with Crippen LogP contribution in [0.2, 0.25) is 0 Å². The highest BCUT2D eigenvalue weighted by Crippen LogP contribution is 2.36. The zero-order chi connectivity index (χ0) is 25.4. The first kappa shape index (κ1) is 24.3. The summed E-state index contributed by atoms with van der Waals surface area (Å²) < 4.78 is 4.56. The van der Waals surface area contributed by atoms with Gasteiger partial charge in [0.15, 0.2) is 5.82 Å². The molecule has 2 aromatic carbocycles. The summed E-state index contributed by atoms with van der Waals surface area (Å²) in [6.45, 7) is 4.06. The third kappa shape index (κ3) is 4.58. The van der Waals surface area contributed by atoms with Crippen LogP contribution >= 0.6 is 0 Å². The monoisotopic (exact) mass is 483 g/mol. The molecule has 5 rings (SSSR count). The molecule has 1 amide bonds. The molecule has 0 aliphatic heterocycles. The van der Waals surface area contributed by atoms with Crippen LogP contribution in [0, 0.1) is 5.92 Å². The van der Waals surface area contributed by atoms with E-state index in [1.165, 1.54) is 17.7 Å². The van der Waals surface area contributed by atoms with E-state index in [1.54, 1.807) is 0 Å². The van der Waals surface area contributed by atoms with Gasteiger partial charge < -0.3 is 18.9 Å². The largest absolute Gasteiger partial charge is 0.342 e. The van der Waals surface area contributed by atoms with Crippen molar-refractivity contribution in [3.05, 3.63) is 71.4 Å². The van der Waals surface area contributed by atoms with Gasteiger partial charge in [0.25, 0.3) is 5.91 Å². The van der Waals surface area contributed by atoms with Crippen molar-refractivity contribution in [1.29, 1.82) is 0 Å². The third-order valence-corrected chi connectivity index (χ3v) is 7.47. The number of aryl methyl sites for hydroxylation is 1. The van der Waals surface area contributed by atoms with Gasteiger partial charge in [0.1, 0.15) is 0 Å².